The number of rotatable bonds is 4. The molecule has 0 aliphatic carbocycles. The molecule has 1 aromatic carbocycles. The van der Waals surface area contributed by atoms with Crippen LogP contribution in [0.3, 0.4) is 0 Å². The number of amides is 1. The zero-order valence-electron chi connectivity index (χ0n) is 12.4. The smallest absolute Gasteiger partial charge is 0.253 e. The first-order chi connectivity index (χ1) is 10.7. The fraction of sp³-hybridized carbons (Fsp3) is 0.375. The number of carbonyl (C=O) groups excluding carboxylic acids is 1. The van der Waals surface area contributed by atoms with Gasteiger partial charge in [-0.15, -0.1) is 11.3 Å². The second-order valence-corrected chi connectivity index (χ2v) is 6.06. The number of hydrogen-bond acceptors (Lipinski definition) is 5. The molecule has 5 nitrogen and oxygen atoms in total. The van der Waals surface area contributed by atoms with Crippen molar-refractivity contribution < 1.29 is 14.3 Å². The number of carbonyl (C=O) groups is 1. The van der Waals surface area contributed by atoms with E-state index < -0.39 is 0 Å². The second kappa shape index (κ2) is 7.00. The highest BCUT2D eigenvalue weighted by molar-refractivity contribution is 7.13. The molecule has 1 saturated heterocycles. The Kier molecular flexibility index (Phi) is 4.82. The maximum Gasteiger partial charge on any atom is 0.253 e. The molecule has 2 aromatic rings. The van der Waals surface area contributed by atoms with Gasteiger partial charge in [0.25, 0.3) is 5.91 Å². The quantitative estimate of drug-likeness (QED) is 0.868. The summed E-state index contributed by atoms with van der Waals surface area (Å²) in [5.74, 6) is -0.0140. The molecule has 116 valence electrons. The van der Waals surface area contributed by atoms with Gasteiger partial charge in [0.05, 0.1) is 25.9 Å². The Morgan fingerprint density at radius 1 is 1.36 bits per heavy atom. The van der Waals surface area contributed by atoms with E-state index in [0.29, 0.717) is 31.9 Å². The normalized spacial score (nSPS) is 18.1. The summed E-state index contributed by atoms with van der Waals surface area (Å²) in [6.45, 7) is 2.30. The largest absolute Gasteiger partial charge is 0.376 e. The molecule has 1 aliphatic heterocycles. The zero-order valence-corrected chi connectivity index (χ0v) is 13.2. The van der Waals surface area contributed by atoms with Crippen molar-refractivity contribution in [2.75, 3.05) is 33.4 Å². The molecule has 0 N–H and O–H groups in total. The first-order valence-corrected chi connectivity index (χ1v) is 8.07. The predicted molar refractivity (Wildman–Crippen MR) is 85.1 cm³/mol. The summed E-state index contributed by atoms with van der Waals surface area (Å²) in [4.78, 5) is 18.4. The number of benzene rings is 1. The van der Waals surface area contributed by atoms with E-state index in [1.54, 1.807) is 29.5 Å². The van der Waals surface area contributed by atoms with E-state index in [1.807, 2.05) is 29.6 Å². The average Bonchev–Trinajstić information content (AvgIpc) is 3.10. The highest BCUT2D eigenvalue weighted by Gasteiger charge is 2.20. The predicted octanol–water partition coefficient (Wildman–Crippen LogP) is 2.30. The van der Waals surface area contributed by atoms with Crippen LogP contribution < -0.4 is 0 Å². The molecule has 0 radical (unpaired) electrons. The van der Waals surface area contributed by atoms with Crippen LogP contribution >= 0.6 is 11.3 Å². The molecule has 6 heteroatoms. The van der Waals surface area contributed by atoms with Gasteiger partial charge in [0.15, 0.2) is 0 Å². The van der Waals surface area contributed by atoms with Crippen molar-refractivity contribution in [1.29, 1.82) is 0 Å². The van der Waals surface area contributed by atoms with Crippen LogP contribution in [0.15, 0.2) is 35.8 Å². The molecule has 2 heterocycles. The zero-order chi connectivity index (χ0) is 15.4. The van der Waals surface area contributed by atoms with Gasteiger partial charge < -0.3 is 14.4 Å². The molecule has 1 amide bonds. The molecular weight excluding hydrogens is 300 g/mol. The van der Waals surface area contributed by atoms with Crippen molar-refractivity contribution in [1.82, 2.24) is 9.88 Å². The SMILES string of the molecule is CN(CC1COCCO1)C(=O)c1ccc(-c2nccs2)cc1. The summed E-state index contributed by atoms with van der Waals surface area (Å²) in [6.07, 6.45) is 1.73. The van der Waals surface area contributed by atoms with Crippen molar-refractivity contribution in [3.63, 3.8) is 0 Å². The van der Waals surface area contributed by atoms with Gasteiger partial charge in [0.2, 0.25) is 0 Å². The lowest BCUT2D eigenvalue weighted by molar-refractivity contribution is -0.0933. The van der Waals surface area contributed by atoms with Gasteiger partial charge >= 0.3 is 0 Å². The third kappa shape index (κ3) is 3.52. The van der Waals surface area contributed by atoms with Crippen molar-refractivity contribution in [3.8, 4) is 10.6 Å². The van der Waals surface area contributed by atoms with E-state index in [2.05, 4.69) is 4.98 Å². The summed E-state index contributed by atoms with van der Waals surface area (Å²) in [6, 6.07) is 7.54. The second-order valence-electron chi connectivity index (χ2n) is 5.17. The van der Waals surface area contributed by atoms with E-state index in [-0.39, 0.29) is 12.0 Å². The molecule has 0 bridgehead atoms. The monoisotopic (exact) mass is 318 g/mol. The molecule has 0 saturated carbocycles. The van der Waals surface area contributed by atoms with Crippen LogP contribution in [0.1, 0.15) is 10.4 Å². The molecule has 22 heavy (non-hydrogen) atoms. The summed E-state index contributed by atoms with van der Waals surface area (Å²) in [7, 11) is 1.79. The fourth-order valence-corrected chi connectivity index (χ4v) is 3.02. The van der Waals surface area contributed by atoms with Crippen molar-refractivity contribution in [2.24, 2.45) is 0 Å². The lowest BCUT2D eigenvalue weighted by atomic mass is 10.1. The van der Waals surface area contributed by atoms with Crippen LogP contribution in [0.5, 0.6) is 0 Å². The number of likely N-dealkylation sites (N-methyl/N-ethyl adjacent to an activating group) is 1. The summed E-state index contributed by atoms with van der Waals surface area (Å²) >= 11 is 1.58. The highest BCUT2D eigenvalue weighted by Crippen LogP contribution is 2.22. The number of thiazole rings is 1. The Labute approximate surface area is 133 Å². The van der Waals surface area contributed by atoms with Crippen LogP contribution in [0.2, 0.25) is 0 Å². The van der Waals surface area contributed by atoms with Crippen LogP contribution in [0, 0.1) is 0 Å². The molecule has 1 fully saturated rings. The van der Waals surface area contributed by atoms with Crippen molar-refractivity contribution >= 4 is 17.2 Å². The number of ether oxygens (including phenoxy) is 2. The van der Waals surface area contributed by atoms with Gasteiger partial charge in [0.1, 0.15) is 5.01 Å². The fourth-order valence-electron chi connectivity index (χ4n) is 2.37. The van der Waals surface area contributed by atoms with E-state index in [1.165, 1.54) is 0 Å². The van der Waals surface area contributed by atoms with Crippen LogP contribution in [-0.2, 0) is 9.47 Å². The third-order valence-corrected chi connectivity index (χ3v) is 4.34. The van der Waals surface area contributed by atoms with E-state index in [0.717, 1.165) is 10.6 Å². The molecule has 1 aliphatic rings. The lowest BCUT2D eigenvalue weighted by Gasteiger charge is -2.27. The molecular formula is C16H18N2O3S. The number of nitrogens with zero attached hydrogens (tertiary/aromatic N) is 2. The highest BCUT2D eigenvalue weighted by atomic mass is 32.1. The van der Waals surface area contributed by atoms with Crippen LogP contribution in [0.4, 0.5) is 0 Å². The van der Waals surface area contributed by atoms with Gasteiger partial charge in [-0.25, -0.2) is 4.98 Å². The van der Waals surface area contributed by atoms with Gasteiger partial charge in [-0.1, -0.05) is 12.1 Å². The van der Waals surface area contributed by atoms with E-state index in [9.17, 15) is 4.79 Å². The first-order valence-electron chi connectivity index (χ1n) is 7.19. The van der Waals surface area contributed by atoms with Crippen molar-refractivity contribution in [2.45, 2.75) is 6.10 Å². The van der Waals surface area contributed by atoms with Gasteiger partial charge in [-0.3, -0.25) is 4.79 Å². The van der Waals surface area contributed by atoms with Gasteiger partial charge in [-0.05, 0) is 12.1 Å². The van der Waals surface area contributed by atoms with E-state index in [4.69, 9.17) is 9.47 Å². The lowest BCUT2D eigenvalue weighted by Crippen LogP contribution is -2.40. The Morgan fingerprint density at radius 2 is 2.18 bits per heavy atom. The maximum absolute atomic E-state index is 12.4. The summed E-state index contributed by atoms with van der Waals surface area (Å²) in [5.41, 5.74) is 1.69. The van der Waals surface area contributed by atoms with Gasteiger partial charge in [0, 0.05) is 36.3 Å². The maximum atomic E-state index is 12.4. The Hall–Kier alpha value is -1.76. The Morgan fingerprint density at radius 3 is 2.82 bits per heavy atom. The first kappa shape index (κ1) is 15.1. The summed E-state index contributed by atoms with van der Waals surface area (Å²) in [5, 5.41) is 2.90. The Bertz CT molecular complexity index is 607. The number of hydrogen-bond donors (Lipinski definition) is 0. The minimum Gasteiger partial charge on any atom is -0.376 e. The standard InChI is InChI=1S/C16H18N2O3S/c1-18(10-14-11-20-7-8-21-14)16(19)13-4-2-12(3-5-13)15-17-6-9-22-15/h2-6,9,14H,7-8,10-11H2,1H3. The third-order valence-electron chi connectivity index (χ3n) is 3.52. The number of aromatic nitrogens is 1. The van der Waals surface area contributed by atoms with Crippen molar-refractivity contribution in [3.05, 3.63) is 41.4 Å². The topological polar surface area (TPSA) is 51.7 Å². The molecule has 1 atom stereocenters. The van der Waals surface area contributed by atoms with Gasteiger partial charge in [-0.2, -0.15) is 0 Å². The average molecular weight is 318 g/mol. The molecule has 1 unspecified atom stereocenters. The minimum absolute atomic E-state index is 0.0140. The van der Waals surface area contributed by atoms with E-state index >= 15 is 0 Å². The minimum atomic E-state index is -0.0442. The molecule has 1 aromatic heterocycles. The summed E-state index contributed by atoms with van der Waals surface area (Å²) < 4.78 is 10.9. The van der Waals surface area contributed by atoms with Crippen LogP contribution in [-0.4, -0.2) is 55.3 Å². The Balaban J connectivity index is 1.63. The van der Waals surface area contributed by atoms with Crippen LogP contribution in [0.25, 0.3) is 10.6 Å². The molecule has 3 rings (SSSR count). The molecule has 0 spiro atoms.